The van der Waals surface area contributed by atoms with Gasteiger partial charge in [-0.15, -0.1) is 0 Å². The van der Waals surface area contributed by atoms with Crippen LogP contribution >= 0.6 is 0 Å². The molecule has 0 aliphatic carbocycles. The molecular weight excluding hydrogens is 245 g/mol. The molecule has 0 amide bonds. The van der Waals surface area contributed by atoms with Crippen LogP contribution in [0.5, 0.6) is 0 Å². The van der Waals surface area contributed by atoms with Gasteiger partial charge in [-0.2, -0.15) is 0 Å². The average molecular weight is 261 g/mol. The maximum atomic E-state index is 13.8. The highest BCUT2D eigenvalue weighted by atomic mass is 19.1. The van der Waals surface area contributed by atoms with E-state index < -0.39 is 0 Å². The molecule has 0 saturated carbocycles. The molecule has 19 heavy (non-hydrogen) atoms. The van der Waals surface area contributed by atoms with E-state index in [-0.39, 0.29) is 18.0 Å². The zero-order valence-electron chi connectivity index (χ0n) is 11.0. The number of hydrogen-bond donors (Lipinski definition) is 0. The Kier molecular flexibility index (Phi) is 3.06. The minimum atomic E-state index is -0.310. The van der Waals surface area contributed by atoms with Crippen LogP contribution in [0.25, 0.3) is 10.9 Å². The summed E-state index contributed by atoms with van der Waals surface area (Å²) in [6.45, 7) is 5.58. The maximum absolute atomic E-state index is 13.8. The fourth-order valence-corrected chi connectivity index (χ4v) is 2.64. The number of para-hydroxylation sites is 1. The van der Waals surface area contributed by atoms with E-state index in [9.17, 15) is 4.39 Å². The van der Waals surface area contributed by atoms with Gasteiger partial charge >= 0.3 is 0 Å². The van der Waals surface area contributed by atoms with Gasteiger partial charge in [0.15, 0.2) is 0 Å². The Bertz CT molecular complexity index is 594. The van der Waals surface area contributed by atoms with Gasteiger partial charge in [0.2, 0.25) is 0 Å². The van der Waals surface area contributed by atoms with Gasteiger partial charge in [-0.25, -0.2) is 14.4 Å². The van der Waals surface area contributed by atoms with Crippen molar-refractivity contribution in [2.24, 2.45) is 0 Å². The normalized spacial score (nSPS) is 23.8. The second kappa shape index (κ2) is 4.74. The summed E-state index contributed by atoms with van der Waals surface area (Å²) in [5.41, 5.74) is 0.374. The second-order valence-electron chi connectivity index (χ2n) is 5.00. The number of benzene rings is 1. The highest BCUT2D eigenvalue weighted by Crippen LogP contribution is 2.26. The number of anilines is 1. The number of rotatable bonds is 1. The number of fused-ring (bicyclic) bond motifs is 1. The van der Waals surface area contributed by atoms with Gasteiger partial charge in [-0.3, -0.25) is 0 Å². The summed E-state index contributed by atoms with van der Waals surface area (Å²) < 4.78 is 19.5. The topological polar surface area (TPSA) is 38.2 Å². The molecule has 2 atom stereocenters. The number of ether oxygens (including phenoxy) is 1. The van der Waals surface area contributed by atoms with Crippen LogP contribution < -0.4 is 4.90 Å². The molecule has 2 heterocycles. The zero-order valence-corrected chi connectivity index (χ0v) is 11.0. The van der Waals surface area contributed by atoms with Crippen molar-refractivity contribution in [3.05, 3.63) is 30.3 Å². The molecule has 0 spiro atoms. The minimum absolute atomic E-state index is 0.141. The Morgan fingerprint density at radius 3 is 2.68 bits per heavy atom. The Balaban J connectivity index is 2.07. The van der Waals surface area contributed by atoms with Crippen LogP contribution in [0.15, 0.2) is 24.5 Å². The molecule has 1 aromatic carbocycles. The largest absolute Gasteiger partial charge is 0.372 e. The van der Waals surface area contributed by atoms with Gasteiger partial charge in [0.05, 0.1) is 12.2 Å². The monoisotopic (exact) mass is 261 g/mol. The molecule has 1 fully saturated rings. The van der Waals surface area contributed by atoms with Crippen molar-refractivity contribution in [3.8, 4) is 0 Å². The lowest BCUT2D eigenvalue weighted by Gasteiger charge is -2.36. The van der Waals surface area contributed by atoms with Crippen molar-refractivity contribution in [2.75, 3.05) is 18.0 Å². The summed E-state index contributed by atoms with van der Waals surface area (Å²) in [6, 6.07) is 4.97. The maximum Gasteiger partial charge on any atom is 0.149 e. The molecule has 0 radical (unpaired) electrons. The summed E-state index contributed by atoms with van der Waals surface area (Å²) in [5, 5.41) is 0.754. The fourth-order valence-electron chi connectivity index (χ4n) is 2.64. The van der Waals surface area contributed by atoms with Crippen molar-refractivity contribution in [1.82, 2.24) is 9.97 Å². The van der Waals surface area contributed by atoms with E-state index in [1.165, 1.54) is 12.4 Å². The van der Waals surface area contributed by atoms with Crippen molar-refractivity contribution in [1.29, 1.82) is 0 Å². The van der Waals surface area contributed by atoms with Crippen molar-refractivity contribution >= 4 is 16.7 Å². The molecule has 2 aromatic rings. The first-order valence-electron chi connectivity index (χ1n) is 6.45. The van der Waals surface area contributed by atoms with Gasteiger partial charge in [0.25, 0.3) is 0 Å². The van der Waals surface area contributed by atoms with E-state index in [4.69, 9.17) is 4.74 Å². The smallest absolute Gasteiger partial charge is 0.149 e. The molecule has 1 aliphatic rings. The lowest BCUT2D eigenvalue weighted by Crippen LogP contribution is -2.45. The van der Waals surface area contributed by atoms with Crippen LogP contribution in [-0.2, 0) is 4.74 Å². The number of morpholine rings is 1. The molecular formula is C14H16FN3O. The highest BCUT2D eigenvalue weighted by molar-refractivity contribution is 5.89. The quantitative estimate of drug-likeness (QED) is 0.790. The lowest BCUT2D eigenvalue weighted by molar-refractivity contribution is -0.00537. The third-order valence-electron chi connectivity index (χ3n) is 3.31. The van der Waals surface area contributed by atoms with Crippen molar-refractivity contribution in [3.63, 3.8) is 0 Å². The molecule has 1 aliphatic heterocycles. The van der Waals surface area contributed by atoms with E-state index in [2.05, 4.69) is 14.9 Å². The number of hydrogen-bond acceptors (Lipinski definition) is 4. The van der Waals surface area contributed by atoms with Crippen LogP contribution in [0.2, 0.25) is 0 Å². The van der Waals surface area contributed by atoms with Crippen LogP contribution in [0.4, 0.5) is 10.2 Å². The molecule has 0 N–H and O–H groups in total. The molecule has 2 unspecified atom stereocenters. The Hall–Kier alpha value is -1.75. The Labute approximate surface area is 111 Å². The molecule has 5 heteroatoms. The van der Waals surface area contributed by atoms with Gasteiger partial charge < -0.3 is 9.64 Å². The first-order chi connectivity index (χ1) is 9.15. The minimum Gasteiger partial charge on any atom is -0.372 e. The van der Waals surface area contributed by atoms with Crippen molar-refractivity contribution in [2.45, 2.75) is 26.1 Å². The summed E-state index contributed by atoms with van der Waals surface area (Å²) in [6.07, 6.45) is 1.70. The van der Waals surface area contributed by atoms with E-state index in [0.29, 0.717) is 5.52 Å². The fraction of sp³-hybridized carbons (Fsp3) is 0.429. The number of aromatic nitrogens is 2. The van der Waals surface area contributed by atoms with E-state index in [1.54, 1.807) is 6.07 Å². The molecule has 0 bridgehead atoms. The van der Waals surface area contributed by atoms with E-state index >= 15 is 0 Å². The number of halogens is 1. The molecule has 1 saturated heterocycles. The van der Waals surface area contributed by atoms with E-state index in [1.807, 2.05) is 19.9 Å². The third-order valence-corrected chi connectivity index (χ3v) is 3.31. The zero-order chi connectivity index (χ0) is 13.4. The van der Waals surface area contributed by atoms with E-state index in [0.717, 1.165) is 24.3 Å². The van der Waals surface area contributed by atoms with Crippen LogP contribution in [0.3, 0.4) is 0 Å². The first kappa shape index (κ1) is 12.3. The molecule has 3 rings (SSSR count). The Morgan fingerprint density at radius 2 is 1.95 bits per heavy atom. The van der Waals surface area contributed by atoms with Gasteiger partial charge in [-0.05, 0) is 26.0 Å². The standard InChI is InChI=1S/C14H16FN3O/c1-9-6-18(7-10(2)19-9)14-11-4-3-5-12(15)13(11)16-8-17-14/h3-5,8-10H,6-7H2,1-2H3. The van der Waals surface area contributed by atoms with Gasteiger partial charge in [-0.1, -0.05) is 6.07 Å². The molecule has 4 nitrogen and oxygen atoms in total. The highest BCUT2D eigenvalue weighted by Gasteiger charge is 2.24. The van der Waals surface area contributed by atoms with Crippen molar-refractivity contribution < 1.29 is 9.13 Å². The third kappa shape index (κ3) is 2.26. The predicted octanol–water partition coefficient (Wildman–Crippen LogP) is 2.38. The van der Waals surface area contributed by atoms with Gasteiger partial charge in [0.1, 0.15) is 23.5 Å². The average Bonchev–Trinajstić information content (AvgIpc) is 2.37. The molecule has 100 valence electrons. The summed E-state index contributed by atoms with van der Waals surface area (Å²) >= 11 is 0. The SMILES string of the molecule is CC1CN(c2ncnc3c(F)cccc23)CC(C)O1. The van der Waals surface area contributed by atoms with Crippen LogP contribution in [0, 0.1) is 5.82 Å². The lowest BCUT2D eigenvalue weighted by atomic mass is 10.2. The second-order valence-corrected chi connectivity index (χ2v) is 5.00. The summed E-state index contributed by atoms with van der Waals surface area (Å²) in [5.74, 6) is 0.474. The summed E-state index contributed by atoms with van der Waals surface area (Å²) in [4.78, 5) is 10.5. The summed E-state index contributed by atoms with van der Waals surface area (Å²) in [7, 11) is 0. The predicted molar refractivity (Wildman–Crippen MR) is 71.7 cm³/mol. The van der Waals surface area contributed by atoms with Gasteiger partial charge in [0, 0.05) is 18.5 Å². The Morgan fingerprint density at radius 1 is 1.21 bits per heavy atom. The van der Waals surface area contributed by atoms with Crippen LogP contribution in [-0.4, -0.2) is 35.3 Å². The van der Waals surface area contributed by atoms with Crippen LogP contribution in [0.1, 0.15) is 13.8 Å². The first-order valence-corrected chi connectivity index (χ1v) is 6.45. The number of nitrogens with zero attached hydrogens (tertiary/aromatic N) is 3. The molecule has 1 aromatic heterocycles.